The minimum Gasteiger partial charge on any atom is -0.344 e. The molecule has 0 aliphatic carbocycles. The Hall–Kier alpha value is -1.20. The van der Waals surface area contributed by atoms with Crippen molar-refractivity contribution in [3.8, 4) is 0 Å². The fourth-order valence-electron chi connectivity index (χ4n) is 1.95. The monoisotopic (exact) mass is 355 g/mol. The molecule has 1 aromatic heterocycles. The van der Waals surface area contributed by atoms with Gasteiger partial charge >= 0.3 is 0 Å². The molecule has 0 saturated heterocycles. The number of benzene rings is 1. The third-order valence-electron chi connectivity index (χ3n) is 2.98. The number of carbonyl (C=O) groups excluding carboxylic acids is 1. The predicted octanol–water partition coefficient (Wildman–Crippen LogP) is 4.78. The highest BCUT2D eigenvalue weighted by molar-refractivity contribution is 9.11. The van der Waals surface area contributed by atoms with E-state index in [1.54, 1.807) is 18.2 Å². The third kappa shape index (κ3) is 3.67. The molecule has 2 rings (SSSR count). The summed E-state index contributed by atoms with van der Waals surface area (Å²) in [6.45, 7) is 4.05. The maximum atomic E-state index is 13.0. The van der Waals surface area contributed by atoms with E-state index in [-0.39, 0.29) is 23.7 Å². The SMILES string of the molecule is CC(C)C(NC(=O)c1ccc(Br)s1)c1ccc(F)cc1. The van der Waals surface area contributed by atoms with Gasteiger partial charge in [0.15, 0.2) is 0 Å². The van der Waals surface area contributed by atoms with E-state index in [1.165, 1.54) is 23.5 Å². The summed E-state index contributed by atoms with van der Waals surface area (Å²) in [6.07, 6.45) is 0. The molecule has 0 aliphatic rings. The van der Waals surface area contributed by atoms with Gasteiger partial charge < -0.3 is 5.32 Å². The molecular formula is C15H15BrFNOS. The standard InChI is InChI=1S/C15H15BrFNOS/c1-9(2)14(10-3-5-11(17)6-4-10)18-15(19)12-7-8-13(16)20-12/h3-9,14H,1-2H3,(H,18,19). The fourth-order valence-corrected chi connectivity index (χ4v) is 3.24. The summed E-state index contributed by atoms with van der Waals surface area (Å²) in [5.74, 6) is -0.165. The van der Waals surface area contributed by atoms with Crippen LogP contribution in [0.3, 0.4) is 0 Å². The molecule has 0 bridgehead atoms. The minimum absolute atomic E-state index is 0.108. The molecule has 20 heavy (non-hydrogen) atoms. The van der Waals surface area contributed by atoms with Crippen molar-refractivity contribution in [2.75, 3.05) is 0 Å². The van der Waals surface area contributed by atoms with E-state index in [1.807, 2.05) is 19.9 Å². The maximum absolute atomic E-state index is 13.0. The van der Waals surface area contributed by atoms with Gasteiger partial charge in [-0.2, -0.15) is 0 Å². The number of thiophene rings is 1. The normalized spacial score (nSPS) is 12.4. The van der Waals surface area contributed by atoms with Crippen molar-refractivity contribution in [1.29, 1.82) is 0 Å². The summed E-state index contributed by atoms with van der Waals surface area (Å²) in [5.41, 5.74) is 0.908. The second-order valence-corrected chi connectivity index (χ2v) is 7.31. The molecule has 0 aliphatic heterocycles. The number of carbonyl (C=O) groups is 1. The van der Waals surface area contributed by atoms with Gasteiger partial charge in [-0.25, -0.2) is 4.39 Å². The van der Waals surface area contributed by atoms with Gasteiger partial charge in [0.05, 0.1) is 14.7 Å². The molecule has 1 unspecified atom stereocenters. The Morgan fingerprint density at radius 3 is 2.35 bits per heavy atom. The second kappa shape index (κ2) is 6.50. The highest BCUT2D eigenvalue weighted by atomic mass is 79.9. The highest BCUT2D eigenvalue weighted by Gasteiger charge is 2.20. The van der Waals surface area contributed by atoms with Crippen LogP contribution < -0.4 is 5.32 Å². The molecule has 1 atom stereocenters. The van der Waals surface area contributed by atoms with Gasteiger partial charge in [0.25, 0.3) is 5.91 Å². The zero-order chi connectivity index (χ0) is 14.7. The van der Waals surface area contributed by atoms with Crippen LogP contribution in [-0.2, 0) is 0 Å². The number of hydrogen-bond donors (Lipinski definition) is 1. The van der Waals surface area contributed by atoms with Crippen LogP contribution in [0.15, 0.2) is 40.2 Å². The van der Waals surface area contributed by atoms with Crippen molar-refractivity contribution in [3.05, 3.63) is 56.4 Å². The second-order valence-electron chi connectivity index (χ2n) is 4.85. The predicted molar refractivity (Wildman–Crippen MR) is 83.5 cm³/mol. The number of nitrogens with one attached hydrogen (secondary N) is 1. The lowest BCUT2D eigenvalue weighted by atomic mass is 9.96. The topological polar surface area (TPSA) is 29.1 Å². The van der Waals surface area contributed by atoms with Gasteiger partial charge in [-0.15, -0.1) is 11.3 Å². The molecule has 0 saturated carbocycles. The van der Waals surface area contributed by atoms with Gasteiger partial charge in [0.1, 0.15) is 5.82 Å². The summed E-state index contributed by atoms with van der Waals surface area (Å²) >= 11 is 4.74. The lowest BCUT2D eigenvalue weighted by Crippen LogP contribution is -2.31. The lowest BCUT2D eigenvalue weighted by Gasteiger charge is -2.22. The van der Waals surface area contributed by atoms with Crippen LogP contribution in [0, 0.1) is 11.7 Å². The number of halogens is 2. The third-order valence-corrected chi connectivity index (χ3v) is 4.60. The summed E-state index contributed by atoms with van der Waals surface area (Å²) < 4.78 is 13.9. The number of rotatable bonds is 4. The first-order valence-corrected chi connectivity index (χ1v) is 7.90. The average Bonchev–Trinajstić information content (AvgIpc) is 2.83. The zero-order valence-corrected chi connectivity index (χ0v) is 13.6. The highest BCUT2D eigenvalue weighted by Crippen LogP contribution is 2.25. The fraction of sp³-hybridized carbons (Fsp3) is 0.267. The first-order chi connectivity index (χ1) is 9.47. The van der Waals surface area contributed by atoms with Crippen LogP contribution in [0.1, 0.15) is 35.1 Å². The van der Waals surface area contributed by atoms with Crippen molar-refractivity contribution in [3.63, 3.8) is 0 Å². The van der Waals surface area contributed by atoms with Gasteiger partial charge in [-0.3, -0.25) is 4.79 Å². The van der Waals surface area contributed by atoms with Crippen LogP contribution in [0.2, 0.25) is 0 Å². The van der Waals surface area contributed by atoms with E-state index in [0.29, 0.717) is 4.88 Å². The van der Waals surface area contributed by atoms with Gasteiger partial charge in [-0.05, 0) is 51.7 Å². The van der Waals surface area contributed by atoms with Crippen LogP contribution in [0.4, 0.5) is 4.39 Å². The Kier molecular flexibility index (Phi) is 4.94. The molecule has 5 heteroatoms. The van der Waals surface area contributed by atoms with E-state index in [9.17, 15) is 9.18 Å². The molecule has 1 aromatic carbocycles. The maximum Gasteiger partial charge on any atom is 0.261 e. The number of amides is 1. The van der Waals surface area contributed by atoms with Crippen molar-refractivity contribution in [1.82, 2.24) is 5.32 Å². The Bertz CT molecular complexity index is 594. The van der Waals surface area contributed by atoms with Gasteiger partial charge in [0, 0.05) is 0 Å². The molecule has 0 fully saturated rings. The largest absolute Gasteiger partial charge is 0.344 e. The zero-order valence-electron chi connectivity index (χ0n) is 11.2. The molecule has 0 spiro atoms. The molecule has 0 radical (unpaired) electrons. The summed E-state index contributed by atoms with van der Waals surface area (Å²) in [5, 5.41) is 3.01. The quantitative estimate of drug-likeness (QED) is 0.840. The first kappa shape index (κ1) is 15.2. The van der Waals surface area contributed by atoms with E-state index in [2.05, 4.69) is 21.2 Å². The Morgan fingerprint density at radius 2 is 1.85 bits per heavy atom. The summed E-state index contributed by atoms with van der Waals surface area (Å²) in [6, 6.07) is 9.75. The van der Waals surface area contributed by atoms with Gasteiger partial charge in [-0.1, -0.05) is 26.0 Å². The molecule has 2 aromatic rings. The molecule has 1 N–H and O–H groups in total. The summed E-state index contributed by atoms with van der Waals surface area (Å²) in [4.78, 5) is 12.9. The van der Waals surface area contributed by atoms with Crippen LogP contribution in [-0.4, -0.2) is 5.91 Å². The van der Waals surface area contributed by atoms with Gasteiger partial charge in [0.2, 0.25) is 0 Å². The number of hydrogen-bond acceptors (Lipinski definition) is 2. The van der Waals surface area contributed by atoms with E-state index < -0.39 is 0 Å². The Balaban J connectivity index is 2.17. The first-order valence-electron chi connectivity index (χ1n) is 6.29. The van der Waals surface area contributed by atoms with E-state index in [0.717, 1.165) is 9.35 Å². The van der Waals surface area contributed by atoms with E-state index in [4.69, 9.17) is 0 Å². The van der Waals surface area contributed by atoms with Crippen molar-refractivity contribution in [2.24, 2.45) is 5.92 Å². The molecular weight excluding hydrogens is 341 g/mol. The molecule has 106 valence electrons. The Morgan fingerprint density at radius 1 is 1.20 bits per heavy atom. The summed E-state index contributed by atoms with van der Waals surface area (Å²) in [7, 11) is 0. The van der Waals surface area contributed by atoms with Crippen LogP contribution in [0.5, 0.6) is 0 Å². The molecule has 2 nitrogen and oxygen atoms in total. The smallest absolute Gasteiger partial charge is 0.261 e. The van der Waals surface area contributed by atoms with Crippen LogP contribution >= 0.6 is 27.3 Å². The lowest BCUT2D eigenvalue weighted by molar-refractivity contribution is 0.0930. The Labute approximate surface area is 130 Å². The molecule has 1 heterocycles. The minimum atomic E-state index is -0.273. The van der Waals surface area contributed by atoms with Crippen molar-refractivity contribution >= 4 is 33.2 Å². The van der Waals surface area contributed by atoms with Crippen molar-refractivity contribution in [2.45, 2.75) is 19.9 Å². The van der Waals surface area contributed by atoms with Crippen molar-refractivity contribution < 1.29 is 9.18 Å². The van der Waals surface area contributed by atoms with Crippen LogP contribution in [0.25, 0.3) is 0 Å². The average molecular weight is 356 g/mol. The molecule has 1 amide bonds. The van der Waals surface area contributed by atoms with E-state index >= 15 is 0 Å².